The maximum Gasteiger partial charge on any atom is 0.245 e. The van der Waals surface area contributed by atoms with Crippen LogP contribution >= 0.6 is 11.3 Å². The molecule has 128 valence electrons. The van der Waals surface area contributed by atoms with Crippen molar-refractivity contribution in [1.29, 1.82) is 0 Å². The molecule has 2 aromatic heterocycles. The number of thiophene rings is 1. The summed E-state index contributed by atoms with van der Waals surface area (Å²) in [6, 6.07) is 1.83. The van der Waals surface area contributed by atoms with Crippen molar-refractivity contribution in [2.24, 2.45) is 5.92 Å². The van der Waals surface area contributed by atoms with Gasteiger partial charge in [-0.3, -0.25) is 4.79 Å². The molecule has 1 saturated heterocycles. The minimum absolute atomic E-state index is 0.0780. The largest absolute Gasteiger partial charge is 0.391 e. The Balaban J connectivity index is 1.53. The third-order valence-corrected chi connectivity index (χ3v) is 5.87. The highest BCUT2D eigenvalue weighted by atomic mass is 32.1. The van der Waals surface area contributed by atoms with Gasteiger partial charge in [0.05, 0.1) is 11.5 Å². The van der Waals surface area contributed by atoms with Gasteiger partial charge in [0.1, 0.15) is 23.0 Å². The number of carbonyl (C=O) groups excluding carboxylic acids is 1. The van der Waals surface area contributed by atoms with Crippen molar-refractivity contribution >= 4 is 33.3 Å². The van der Waals surface area contributed by atoms with E-state index in [1.54, 1.807) is 29.6 Å². The Morgan fingerprint density at radius 1 is 1.46 bits per heavy atom. The summed E-state index contributed by atoms with van der Waals surface area (Å²) in [4.78, 5) is 26.4. The smallest absolute Gasteiger partial charge is 0.245 e. The summed E-state index contributed by atoms with van der Waals surface area (Å²) in [6.45, 7) is 1.25. The molecule has 7 heteroatoms. The van der Waals surface area contributed by atoms with E-state index >= 15 is 0 Å². The quantitative estimate of drug-likeness (QED) is 0.895. The van der Waals surface area contributed by atoms with Crippen LogP contribution in [0.1, 0.15) is 25.7 Å². The first kappa shape index (κ1) is 15.8. The van der Waals surface area contributed by atoms with Gasteiger partial charge in [-0.2, -0.15) is 0 Å². The second-order valence-corrected chi connectivity index (χ2v) is 7.71. The Labute approximate surface area is 145 Å². The molecule has 2 aromatic rings. The van der Waals surface area contributed by atoms with Crippen molar-refractivity contribution in [3.63, 3.8) is 0 Å². The molecule has 1 N–H and O–H groups in total. The average Bonchev–Trinajstić information content (AvgIpc) is 3.13. The molecule has 1 amide bonds. The lowest BCUT2D eigenvalue weighted by atomic mass is 10.1. The molecule has 2 atom stereocenters. The molecule has 0 bridgehead atoms. The lowest BCUT2D eigenvalue weighted by molar-refractivity contribution is -0.132. The zero-order chi connectivity index (χ0) is 16.7. The number of fused-ring (bicyclic) bond motifs is 1. The first-order chi connectivity index (χ1) is 11.6. The number of rotatable bonds is 5. The fraction of sp³-hybridized carbons (Fsp3) is 0.588. The van der Waals surface area contributed by atoms with Crippen molar-refractivity contribution in [2.75, 3.05) is 25.0 Å². The number of hydrogen-bond acceptors (Lipinski definition) is 6. The van der Waals surface area contributed by atoms with E-state index in [4.69, 9.17) is 0 Å². The average molecular weight is 346 g/mol. The summed E-state index contributed by atoms with van der Waals surface area (Å²) >= 11 is 1.59. The highest BCUT2D eigenvalue weighted by Crippen LogP contribution is 2.34. The zero-order valence-corrected chi connectivity index (χ0v) is 14.6. The van der Waals surface area contributed by atoms with Crippen LogP contribution in [0.5, 0.6) is 0 Å². The van der Waals surface area contributed by atoms with Crippen molar-refractivity contribution in [2.45, 2.75) is 37.8 Å². The number of aliphatic hydroxyl groups excluding tert-OH is 1. The van der Waals surface area contributed by atoms with Gasteiger partial charge in [-0.1, -0.05) is 0 Å². The fourth-order valence-corrected chi connectivity index (χ4v) is 4.27. The van der Waals surface area contributed by atoms with Gasteiger partial charge >= 0.3 is 0 Å². The maximum atomic E-state index is 12.9. The van der Waals surface area contributed by atoms with Crippen LogP contribution in [-0.2, 0) is 4.79 Å². The zero-order valence-electron chi connectivity index (χ0n) is 13.8. The molecule has 1 aliphatic carbocycles. The van der Waals surface area contributed by atoms with Crippen LogP contribution in [0, 0.1) is 5.92 Å². The second-order valence-electron chi connectivity index (χ2n) is 6.81. The Hall–Kier alpha value is -1.73. The third-order valence-electron chi connectivity index (χ3n) is 5.05. The highest BCUT2D eigenvalue weighted by Gasteiger charge is 2.36. The molecule has 2 aliphatic rings. The maximum absolute atomic E-state index is 12.9. The second kappa shape index (κ2) is 6.29. The number of carbonyl (C=O) groups is 1. The molecule has 1 aliphatic heterocycles. The van der Waals surface area contributed by atoms with Gasteiger partial charge in [0.15, 0.2) is 0 Å². The molecule has 0 unspecified atom stereocenters. The lowest BCUT2D eigenvalue weighted by Crippen LogP contribution is -2.47. The summed E-state index contributed by atoms with van der Waals surface area (Å²) in [5, 5.41) is 13.1. The van der Waals surface area contributed by atoms with E-state index in [2.05, 4.69) is 14.9 Å². The molecule has 3 heterocycles. The predicted octanol–water partition coefficient (Wildman–Crippen LogP) is 1.89. The molecule has 0 aromatic carbocycles. The van der Waals surface area contributed by atoms with E-state index in [1.807, 2.05) is 11.4 Å². The van der Waals surface area contributed by atoms with E-state index in [0.717, 1.165) is 48.3 Å². The van der Waals surface area contributed by atoms with Crippen LogP contribution in [-0.4, -0.2) is 58.2 Å². The molecule has 24 heavy (non-hydrogen) atoms. The van der Waals surface area contributed by atoms with Crippen LogP contribution < -0.4 is 4.90 Å². The summed E-state index contributed by atoms with van der Waals surface area (Å²) in [7, 11) is 1.80. The van der Waals surface area contributed by atoms with Gasteiger partial charge in [-0.05, 0) is 43.0 Å². The number of nitrogens with zero attached hydrogens (tertiary/aromatic N) is 4. The van der Waals surface area contributed by atoms with E-state index in [0.29, 0.717) is 12.5 Å². The van der Waals surface area contributed by atoms with Crippen LogP contribution in [0.2, 0.25) is 0 Å². The van der Waals surface area contributed by atoms with Gasteiger partial charge in [0.2, 0.25) is 5.91 Å². The van der Waals surface area contributed by atoms with E-state index in [1.165, 1.54) is 0 Å². The van der Waals surface area contributed by atoms with Gasteiger partial charge in [0, 0.05) is 20.1 Å². The summed E-state index contributed by atoms with van der Waals surface area (Å²) in [5.74, 6) is 1.31. The molecule has 0 spiro atoms. The highest BCUT2D eigenvalue weighted by molar-refractivity contribution is 7.16. The van der Waals surface area contributed by atoms with Crippen LogP contribution in [0.25, 0.3) is 10.2 Å². The molecule has 4 rings (SSSR count). The number of anilines is 1. The monoisotopic (exact) mass is 346 g/mol. The van der Waals surface area contributed by atoms with Crippen LogP contribution in [0.3, 0.4) is 0 Å². The van der Waals surface area contributed by atoms with Crippen LogP contribution in [0.15, 0.2) is 17.8 Å². The minimum Gasteiger partial charge on any atom is -0.391 e. The molecular weight excluding hydrogens is 324 g/mol. The Morgan fingerprint density at radius 3 is 3.08 bits per heavy atom. The normalized spacial score (nSPS) is 22.1. The number of likely N-dealkylation sites (N-methyl/N-ethyl adjacent to an activating group) is 1. The molecule has 0 radical (unpaired) electrons. The lowest BCUT2D eigenvalue weighted by Gasteiger charge is -2.30. The summed E-state index contributed by atoms with van der Waals surface area (Å²) < 4.78 is 0. The fourth-order valence-electron chi connectivity index (χ4n) is 3.54. The van der Waals surface area contributed by atoms with Gasteiger partial charge in [-0.25, -0.2) is 9.97 Å². The summed E-state index contributed by atoms with van der Waals surface area (Å²) in [6.07, 6.45) is 5.15. The van der Waals surface area contributed by atoms with E-state index in [-0.39, 0.29) is 11.9 Å². The SMILES string of the molecule is CN(C[C@@H](O)C1CC1)C(=O)[C@H]1CCCN1c1ncnc2sccc12. The number of hydrogen-bond donors (Lipinski definition) is 1. The van der Waals surface area contributed by atoms with Crippen molar-refractivity contribution < 1.29 is 9.90 Å². The standard InChI is InChI=1S/C17H22N4O2S/c1-20(9-14(22)11-4-5-11)17(23)13-3-2-7-21(13)15-12-6-8-24-16(12)19-10-18-15/h6,8,10-11,13-14,22H,2-5,7,9H2,1H3/t13-,14-/m1/s1. The van der Waals surface area contributed by atoms with Gasteiger partial charge < -0.3 is 14.9 Å². The molecular formula is C17H22N4O2S. The number of amides is 1. The molecule has 2 fully saturated rings. The van der Waals surface area contributed by atoms with Gasteiger partial charge in [-0.15, -0.1) is 11.3 Å². The number of aliphatic hydroxyl groups is 1. The van der Waals surface area contributed by atoms with Crippen molar-refractivity contribution in [3.8, 4) is 0 Å². The van der Waals surface area contributed by atoms with E-state index < -0.39 is 6.10 Å². The number of aromatic nitrogens is 2. The third kappa shape index (κ3) is 2.86. The Morgan fingerprint density at radius 2 is 2.29 bits per heavy atom. The van der Waals surface area contributed by atoms with Crippen molar-refractivity contribution in [3.05, 3.63) is 17.8 Å². The van der Waals surface area contributed by atoms with Crippen LogP contribution in [0.4, 0.5) is 5.82 Å². The topological polar surface area (TPSA) is 69.6 Å². The first-order valence-corrected chi connectivity index (χ1v) is 9.41. The first-order valence-electron chi connectivity index (χ1n) is 8.53. The Bertz CT molecular complexity index is 745. The molecule has 1 saturated carbocycles. The van der Waals surface area contributed by atoms with E-state index in [9.17, 15) is 9.90 Å². The summed E-state index contributed by atoms with van der Waals surface area (Å²) in [5.41, 5.74) is 0. The van der Waals surface area contributed by atoms with Crippen molar-refractivity contribution in [1.82, 2.24) is 14.9 Å². The minimum atomic E-state index is -0.392. The predicted molar refractivity (Wildman–Crippen MR) is 94.2 cm³/mol. The Kier molecular flexibility index (Phi) is 4.14. The van der Waals surface area contributed by atoms with Gasteiger partial charge in [0.25, 0.3) is 0 Å². The molecule has 6 nitrogen and oxygen atoms in total.